The molecule has 1 saturated heterocycles. The Morgan fingerprint density at radius 1 is 1.14 bits per heavy atom. The van der Waals surface area contributed by atoms with Gasteiger partial charge in [0.25, 0.3) is 5.91 Å². The molecule has 194 valence electrons. The summed E-state index contributed by atoms with van der Waals surface area (Å²) in [5, 5.41) is 20.7. The van der Waals surface area contributed by atoms with E-state index < -0.39 is 28.8 Å². The van der Waals surface area contributed by atoms with Crippen LogP contribution in [0.4, 0.5) is 0 Å². The Labute approximate surface area is 223 Å². The molecular weight excluding hydrogens is 492 g/mol. The molecule has 9 heteroatoms. The van der Waals surface area contributed by atoms with Gasteiger partial charge in [-0.2, -0.15) is 0 Å². The Kier molecular flexibility index (Phi) is 9.76. The van der Waals surface area contributed by atoms with Crippen molar-refractivity contribution < 1.29 is 14.7 Å². The van der Waals surface area contributed by atoms with E-state index in [4.69, 9.17) is 12.2 Å². The van der Waals surface area contributed by atoms with Gasteiger partial charge in [-0.3, -0.25) is 9.59 Å². The molecule has 2 amide bonds. The summed E-state index contributed by atoms with van der Waals surface area (Å²) in [5.41, 5.74) is 3.08. The van der Waals surface area contributed by atoms with E-state index in [9.17, 15) is 14.7 Å². The van der Waals surface area contributed by atoms with E-state index >= 15 is 0 Å². The summed E-state index contributed by atoms with van der Waals surface area (Å²) in [4.78, 5) is 28.5. The number of carbonyl (C=O) groups is 2. The molecule has 7 nitrogen and oxygen atoms in total. The zero-order valence-electron chi connectivity index (χ0n) is 21.3. The smallest absolute Gasteiger partial charge is 0.254 e. The van der Waals surface area contributed by atoms with Gasteiger partial charge in [0.15, 0.2) is 11.2 Å². The number of thioether (sulfide) groups is 1. The van der Waals surface area contributed by atoms with Gasteiger partial charge in [-0.1, -0.05) is 54.6 Å². The molecule has 1 fully saturated rings. The lowest BCUT2D eigenvalue weighted by molar-refractivity contribution is -0.147. The Morgan fingerprint density at radius 3 is 2.47 bits per heavy atom. The molecule has 0 aromatic heterocycles. The minimum absolute atomic E-state index is 0.232. The SMILES string of the molecule is CCNC(=S)N[C@@H](Cc1ccccc1)[C@H](O)C(=O)N1CSC(C)(C)[C@H]1C(=O)NCc1ccccc1C. The average molecular weight is 529 g/mol. The van der Waals surface area contributed by atoms with Crippen LogP contribution in [-0.2, 0) is 22.6 Å². The Balaban J connectivity index is 1.77. The first-order valence-electron chi connectivity index (χ1n) is 12.2. The van der Waals surface area contributed by atoms with E-state index in [-0.39, 0.29) is 5.91 Å². The highest BCUT2D eigenvalue weighted by Gasteiger charge is 2.49. The van der Waals surface area contributed by atoms with Crippen LogP contribution in [0.25, 0.3) is 0 Å². The van der Waals surface area contributed by atoms with Gasteiger partial charge in [0.1, 0.15) is 6.04 Å². The van der Waals surface area contributed by atoms with Gasteiger partial charge in [-0.05, 0) is 63.0 Å². The minimum atomic E-state index is -1.39. The third-order valence-electron chi connectivity index (χ3n) is 6.38. The Bertz CT molecular complexity index is 1060. The van der Waals surface area contributed by atoms with Crippen LogP contribution >= 0.6 is 24.0 Å². The fraction of sp³-hybridized carbons (Fsp3) is 0.444. The molecule has 0 unspecified atom stereocenters. The minimum Gasteiger partial charge on any atom is -0.381 e. The molecule has 4 N–H and O–H groups in total. The standard InChI is InChI=1S/C27H36N4O3S2/c1-5-28-26(35)30-21(15-19-12-7-6-8-13-19)22(32)25(34)31-17-36-27(3,4)23(31)24(33)29-16-20-14-10-9-11-18(20)2/h6-14,21-23,32H,5,15-17H2,1-4H3,(H,29,33)(H2,28,30,35)/t21-,22-,23+/m0/s1. The zero-order valence-corrected chi connectivity index (χ0v) is 22.9. The van der Waals surface area contributed by atoms with Crippen LogP contribution in [-0.4, -0.2) is 62.3 Å². The number of rotatable bonds is 9. The fourth-order valence-corrected chi connectivity index (χ4v) is 5.77. The monoisotopic (exact) mass is 528 g/mol. The van der Waals surface area contributed by atoms with Crippen molar-refractivity contribution in [1.29, 1.82) is 0 Å². The molecule has 1 aliphatic heterocycles. The van der Waals surface area contributed by atoms with Crippen LogP contribution in [0, 0.1) is 6.92 Å². The Hall–Kier alpha value is -2.62. The molecular formula is C27H36N4O3S2. The van der Waals surface area contributed by atoms with E-state index in [2.05, 4.69) is 16.0 Å². The fourth-order valence-electron chi connectivity index (χ4n) is 4.33. The number of aryl methyl sites for hydroxylation is 1. The molecule has 2 aromatic carbocycles. The first kappa shape index (κ1) is 28.0. The van der Waals surface area contributed by atoms with E-state index in [1.165, 1.54) is 16.7 Å². The van der Waals surface area contributed by atoms with E-state index in [0.29, 0.717) is 30.5 Å². The quantitative estimate of drug-likeness (QED) is 0.372. The molecule has 3 atom stereocenters. The van der Waals surface area contributed by atoms with Crippen molar-refractivity contribution >= 4 is 40.9 Å². The van der Waals surface area contributed by atoms with E-state index in [1.807, 2.05) is 82.3 Å². The lowest BCUT2D eigenvalue weighted by Crippen LogP contribution is -2.59. The second-order valence-electron chi connectivity index (χ2n) is 9.48. The number of hydrogen-bond donors (Lipinski definition) is 4. The predicted octanol–water partition coefficient (Wildman–Crippen LogP) is 2.75. The normalized spacial score (nSPS) is 18.2. The highest BCUT2D eigenvalue weighted by atomic mass is 32.2. The summed E-state index contributed by atoms with van der Waals surface area (Å²) in [6.07, 6.45) is -0.989. The molecule has 1 heterocycles. The summed E-state index contributed by atoms with van der Waals surface area (Å²) >= 11 is 6.88. The molecule has 0 spiro atoms. The van der Waals surface area contributed by atoms with Gasteiger partial charge in [-0.25, -0.2) is 0 Å². The zero-order chi connectivity index (χ0) is 26.3. The summed E-state index contributed by atoms with van der Waals surface area (Å²) in [7, 11) is 0. The van der Waals surface area contributed by atoms with Crippen molar-refractivity contribution in [2.24, 2.45) is 0 Å². The molecule has 2 aromatic rings. The van der Waals surface area contributed by atoms with E-state index in [1.54, 1.807) is 0 Å². The highest BCUT2D eigenvalue weighted by molar-refractivity contribution is 8.00. The number of thiocarbonyl (C=S) groups is 1. The summed E-state index contributed by atoms with van der Waals surface area (Å²) < 4.78 is -0.507. The van der Waals surface area contributed by atoms with Gasteiger partial charge in [0.05, 0.1) is 11.9 Å². The van der Waals surface area contributed by atoms with Crippen molar-refractivity contribution in [3.63, 3.8) is 0 Å². The number of benzene rings is 2. The van der Waals surface area contributed by atoms with Crippen molar-refractivity contribution in [3.8, 4) is 0 Å². The van der Waals surface area contributed by atoms with E-state index in [0.717, 1.165) is 16.7 Å². The predicted molar refractivity (Wildman–Crippen MR) is 150 cm³/mol. The molecule has 0 radical (unpaired) electrons. The van der Waals surface area contributed by atoms with Gasteiger partial charge in [0.2, 0.25) is 5.91 Å². The van der Waals surface area contributed by atoms with Crippen LogP contribution in [0.3, 0.4) is 0 Å². The second-order valence-corrected chi connectivity index (χ2v) is 11.5. The molecule has 3 rings (SSSR count). The largest absolute Gasteiger partial charge is 0.381 e. The first-order chi connectivity index (χ1) is 17.1. The van der Waals surface area contributed by atoms with Crippen LogP contribution < -0.4 is 16.0 Å². The summed E-state index contributed by atoms with van der Waals surface area (Å²) in [5.74, 6) is -0.400. The number of aliphatic hydroxyl groups excluding tert-OH is 1. The number of aliphatic hydroxyl groups is 1. The summed E-state index contributed by atoms with van der Waals surface area (Å²) in [6.45, 7) is 8.83. The van der Waals surface area contributed by atoms with Crippen molar-refractivity contribution in [1.82, 2.24) is 20.9 Å². The van der Waals surface area contributed by atoms with Crippen molar-refractivity contribution in [3.05, 3.63) is 71.3 Å². The maximum absolute atomic E-state index is 13.6. The van der Waals surface area contributed by atoms with Gasteiger partial charge >= 0.3 is 0 Å². The van der Waals surface area contributed by atoms with Gasteiger partial charge < -0.3 is 26.0 Å². The molecule has 0 aliphatic carbocycles. The lowest BCUT2D eigenvalue weighted by Gasteiger charge is -2.33. The maximum atomic E-state index is 13.6. The van der Waals surface area contributed by atoms with Crippen LogP contribution in [0.15, 0.2) is 54.6 Å². The third kappa shape index (κ3) is 6.99. The Morgan fingerprint density at radius 2 is 1.81 bits per heavy atom. The number of carbonyl (C=O) groups excluding carboxylic acids is 2. The maximum Gasteiger partial charge on any atom is 0.254 e. The summed E-state index contributed by atoms with van der Waals surface area (Å²) in [6, 6.07) is 16.1. The molecule has 0 saturated carbocycles. The molecule has 1 aliphatic rings. The number of nitrogens with zero attached hydrogens (tertiary/aromatic N) is 1. The van der Waals surface area contributed by atoms with Crippen molar-refractivity contribution in [2.45, 2.75) is 63.6 Å². The van der Waals surface area contributed by atoms with Gasteiger partial charge in [-0.15, -0.1) is 11.8 Å². The van der Waals surface area contributed by atoms with Crippen molar-refractivity contribution in [2.75, 3.05) is 12.4 Å². The van der Waals surface area contributed by atoms with Crippen LogP contribution in [0.5, 0.6) is 0 Å². The van der Waals surface area contributed by atoms with Crippen LogP contribution in [0.2, 0.25) is 0 Å². The van der Waals surface area contributed by atoms with Gasteiger partial charge in [0, 0.05) is 17.8 Å². The topological polar surface area (TPSA) is 93.7 Å². The first-order valence-corrected chi connectivity index (χ1v) is 13.6. The lowest BCUT2D eigenvalue weighted by atomic mass is 9.97. The number of amides is 2. The highest BCUT2D eigenvalue weighted by Crippen LogP contribution is 2.40. The average Bonchev–Trinajstić information content (AvgIpc) is 3.17. The number of hydrogen-bond acceptors (Lipinski definition) is 5. The number of nitrogens with one attached hydrogen (secondary N) is 3. The molecule has 36 heavy (non-hydrogen) atoms. The molecule has 0 bridgehead atoms. The second kappa shape index (κ2) is 12.6. The third-order valence-corrected chi connectivity index (χ3v) is 8.01. The van der Waals surface area contributed by atoms with Crippen LogP contribution in [0.1, 0.15) is 37.5 Å².